The summed E-state index contributed by atoms with van der Waals surface area (Å²) in [5.41, 5.74) is -1.29. The molecule has 1 aromatic heterocycles. The molecule has 0 saturated heterocycles. The molecule has 0 amide bonds. The molecule has 2 rings (SSSR count). The maximum Gasteiger partial charge on any atom is 0.200 e. The van der Waals surface area contributed by atoms with Gasteiger partial charge in [0.2, 0.25) is 5.82 Å². The van der Waals surface area contributed by atoms with E-state index in [2.05, 4.69) is 20.4 Å². The highest BCUT2D eigenvalue weighted by Crippen LogP contribution is 2.30. The Morgan fingerprint density at radius 2 is 1.39 bits per heavy atom. The van der Waals surface area contributed by atoms with E-state index in [0.29, 0.717) is 0 Å². The SMILES string of the molecule is Fc1c(F)c(F)c(N=Nc2cn[nH]c2)c(F)c1F. The number of rotatable bonds is 2. The Labute approximate surface area is 96.2 Å². The highest BCUT2D eigenvalue weighted by molar-refractivity contribution is 5.42. The molecule has 0 aliphatic rings. The van der Waals surface area contributed by atoms with E-state index in [0.717, 1.165) is 6.20 Å². The molecular formula is C9H3F5N4. The van der Waals surface area contributed by atoms with Crippen LogP contribution in [0.2, 0.25) is 0 Å². The Kier molecular flexibility index (Phi) is 3.04. The number of nitrogens with zero attached hydrogens (tertiary/aromatic N) is 3. The van der Waals surface area contributed by atoms with Crippen LogP contribution in [0.5, 0.6) is 0 Å². The third-order valence-corrected chi connectivity index (χ3v) is 1.94. The molecule has 0 fully saturated rings. The van der Waals surface area contributed by atoms with Crippen molar-refractivity contribution in [3.63, 3.8) is 0 Å². The van der Waals surface area contributed by atoms with Crippen molar-refractivity contribution in [3.05, 3.63) is 41.5 Å². The molecule has 0 aliphatic heterocycles. The van der Waals surface area contributed by atoms with Crippen LogP contribution in [0.25, 0.3) is 0 Å². The Hall–Kier alpha value is -2.32. The summed E-state index contributed by atoms with van der Waals surface area (Å²) in [6, 6.07) is 0. The average Bonchev–Trinajstić information content (AvgIpc) is 2.87. The van der Waals surface area contributed by atoms with Crippen LogP contribution in [-0.2, 0) is 0 Å². The van der Waals surface area contributed by atoms with E-state index in [-0.39, 0.29) is 5.69 Å². The topological polar surface area (TPSA) is 53.4 Å². The number of hydrogen-bond acceptors (Lipinski definition) is 3. The zero-order chi connectivity index (χ0) is 13.3. The van der Waals surface area contributed by atoms with E-state index in [1.165, 1.54) is 6.20 Å². The van der Waals surface area contributed by atoms with Crippen molar-refractivity contribution in [1.29, 1.82) is 0 Å². The lowest BCUT2D eigenvalue weighted by Gasteiger charge is -2.02. The molecule has 0 unspecified atom stereocenters. The molecule has 0 radical (unpaired) electrons. The third kappa shape index (κ3) is 1.94. The van der Waals surface area contributed by atoms with E-state index < -0.39 is 34.8 Å². The summed E-state index contributed by atoms with van der Waals surface area (Å²) in [7, 11) is 0. The summed E-state index contributed by atoms with van der Waals surface area (Å²) < 4.78 is 64.5. The molecule has 18 heavy (non-hydrogen) atoms. The van der Waals surface area contributed by atoms with Gasteiger partial charge in [-0.2, -0.15) is 5.10 Å². The molecule has 0 bridgehead atoms. The Morgan fingerprint density at radius 3 is 1.89 bits per heavy atom. The van der Waals surface area contributed by atoms with Gasteiger partial charge in [-0.15, -0.1) is 10.2 Å². The summed E-state index contributed by atoms with van der Waals surface area (Å²) in [6.45, 7) is 0. The zero-order valence-corrected chi connectivity index (χ0v) is 8.39. The molecule has 0 saturated carbocycles. The van der Waals surface area contributed by atoms with Crippen LogP contribution < -0.4 is 0 Å². The molecule has 4 nitrogen and oxygen atoms in total. The van der Waals surface area contributed by atoms with E-state index in [1.54, 1.807) is 0 Å². The van der Waals surface area contributed by atoms with Crippen LogP contribution in [0, 0.1) is 29.1 Å². The molecule has 1 heterocycles. The minimum Gasteiger partial charge on any atom is -0.283 e. The van der Waals surface area contributed by atoms with Crippen LogP contribution in [-0.4, -0.2) is 10.2 Å². The van der Waals surface area contributed by atoms with Crippen molar-refractivity contribution in [3.8, 4) is 0 Å². The lowest BCUT2D eigenvalue weighted by molar-refractivity contribution is 0.380. The minimum atomic E-state index is -2.24. The van der Waals surface area contributed by atoms with E-state index in [1.807, 2.05) is 0 Å². The predicted molar refractivity (Wildman–Crippen MR) is 49.0 cm³/mol. The van der Waals surface area contributed by atoms with Crippen LogP contribution in [0.15, 0.2) is 22.6 Å². The average molecular weight is 262 g/mol. The van der Waals surface area contributed by atoms with Crippen LogP contribution >= 0.6 is 0 Å². The summed E-state index contributed by atoms with van der Waals surface area (Å²) in [4.78, 5) is 0. The minimum absolute atomic E-state index is 0.0685. The fourth-order valence-corrected chi connectivity index (χ4v) is 1.09. The number of nitrogens with one attached hydrogen (secondary N) is 1. The summed E-state index contributed by atoms with van der Waals surface area (Å²) in [6.07, 6.45) is 2.37. The smallest absolute Gasteiger partial charge is 0.200 e. The summed E-state index contributed by atoms with van der Waals surface area (Å²) in [5.74, 6) is -10.5. The number of benzene rings is 1. The molecule has 1 N–H and O–H groups in total. The van der Waals surface area contributed by atoms with Crippen molar-refractivity contribution < 1.29 is 22.0 Å². The Bertz CT molecular complexity index is 579. The van der Waals surface area contributed by atoms with Crippen LogP contribution in [0.3, 0.4) is 0 Å². The summed E-state index contributed by atoms with van der Waals surface area (Å²) in [5, 5.41) is 12.0. The highest BCUT2D eigenvalue weighted by atomic mass is 19.2. The predicted octanol–water partition coefficient (Wildman–Crippen LogP) is 3.52. The Balaban J connectivity index is 2.52. The molecule has 1 aromatic carbocycles. The van der Waals surface area contributed by atoms with Crippen molar-refractivity contribution in [2.45, 2.75) is 0 Å². The lowest BCUT2D eigenvalue weighted by Crippen LogP contribution is -2.00. The molecule has 0 atom stereocenters. The van der Waals surface area contributed by atoms with Gasteiger partial charge in [-0.25, -0.2) is 22.0 Å². The van der Waals surface area contributed by atoms with E-state index >= 15 is 0 Å². The first-order valence-corrected chi connectivity index (χ1v) is 4.44. The number of aromatic amines is 1. The normalized spacial score (nSPS) is 11.4. The van der Waals surface area contributed by atoms with Gasteiger partial charge in [-0.3, -0.25) is 5.10 Å². The fraction of sp³-hybridized carbons (Fsp3) is 0. The molecule has 0 aliphatic carbocycles. The van der Waals surface area contributed by atoms with Gasteiger partial charge in [-0.1, -0.05) is 0 Å². The quantitative estimate of drug-likeness (QED) is 0.383. The first kappa shape index (κ1) is 12.1. The molecular weight excluding hydrogens is 259 g/mol. The largest absolute Gasteiger partial charge is 0.283 e. The number of H-pyrrole nitrogens is 1. The van der Waals surface area contributed by atoms with Crippen molar-refractivity contribution in [2.75, 3.05) is 0 Å². The number of aromatic nitrogens is 2. The van der Waals surface area contributed by atoms with Gasteiger partial charge in [-0.05, 0) is 0 Å². The number of halogens is 5. The highest BCUT2D eigenvalue weighted by Gasteiger charge is 2.25. The van der Waals surface area contributed by atoms with Crippen molar-refractivity contribution in [2.24, 2.45) is 10.2 Å². The van der Waals surface area contributed by atoms with Crippen molar-refractivity contribution in [1.82, 2.24) is 10.2 Å². The molecule has 94 valence electrons. The first-order valence-electron chi connectivity index (χ1n) is 4.44. The van der Waals surface area contributed by atoms with Crippen LogP contribution in [0.4, 0.5) is 33.3 Å². The second-order valence-electron chi connectivity index (χ2n) is 3.08. The van der Waals surface area contributed by atoms with Gasteiger partial charge >= 0.3 is 0 Å². The number of hydrogen-bond donors (Lipinski definition) is 1. The van der Waals surface area contributed by atoms with Gasteiger partial charge in [0.25, 0.3) is 0 Å². The molecule has 9 heteroatoms. The maximum atomic E-state index is 13.1. The Morgan fingerprint density at radius 1 is 0.833 bits per heavy atom. The van der Waals surface area contributed by atoms with Gasteiger partial charge in [0.1, 0.15) is 5.69 Å². The van der Waals surface area contributed by atoms with Gasteiger partial charge in [0.05, 0.1) is 6.20 Å². The van der Waals surface area contributed by atoms with E-state index in [4.69, 9.17) is 0 Å². The van der Waals surface area contributed by atoms with E-state index in [9.17, 15) is 22.0 Å². The van der Waals surface area contributed by atoms with Gasteiger partial charge in [0.15, 0.2) is 29.0 Å². The summed E-state index contributed by atoms with van der Waals surface area (Å²) >= 11 is 0. The van der Waals surface area contributed by atoms with Gasteiger partial charge in [0, 0.05) is 6.20 Å². The second-order valence-corrected chi connectivity index (χ2v) is 3.08. The maximum absolute atomic E-state index is 13.1. The zero-order valence-electron chi connectivity index (χ0n) is 8.39. The monoisotopic (exact) mass is 262 g/mol. The second kappa shape index (κ2) is 4.51. The first-order chi connectivity index (χ1) is 8.52. The van der Waals surface area contributed by atoms with Gasteiger partial charge < -0.3 is 0 Å². The third-order valence-electron chi connectivity index (χ3n) is 1.94. The van der Waals surface area contributed by atoms with Crippen molar-refractivity contribution >= 4 is 11.4 Å². The molecule has 0 spiro atoms. The standard InChI is InChI=1S/C9H3F5N4/c10-4-5(11)7(13)9(8(14)6(4)12)18-17-3-1-15-16-2-3/h1-2H,(H,15,16). The lowest BCUT2D eigenvalue weighted by atomic mass is 10.2. The number of azo groups is 1. The van der Waals surface area contributed by atoms with Crippen LogP contribution in [0.1, 0.15) is 0 Å². The molecule has 2 aromatic rings. The fourth-order valence-electron chi connectivity index (χ4n) is 1.09.